The Labute approximate surface area is 137 Å². The van der Waals surface area contributed by atoms with Gasteiger partial charge in [0.2, 0.25) is 0 Å². The molecule has 1 aliphatic carbocycles. The molecule has 0 atom stereocenters. The molecule has 0 N–H and O–H groups in total. The molecule has 0 amide bonds. The highest BCUT2D eigenvalue weighted by Crippen LogP contribution is 2.32. The Balaban J connectivity index is 1.84. The number of rotatable bonds is 3. The number of nitrogens with zero attached hydrogens (tertiary/aromatic N) is 1. The predicted molar refractivity (Wildman–Crippen MR) is 96.0 cm³/mol. The lowest BCUT2D eigenvalue weighted by atomic mass is 9.83. The van der Waals surface area contributed by atoms with Crippen LogP contribution in [-0.4, -0.2) is 10.4 Å². The van der Waals surface area contributed by atoms with Gasteiger partial charge in [-0.3, -0.25) is 4.79 Å². The van der Waals surface area contributed by atoms with Crippen LogP contribution < -0.4 is 0 Å². The van der Waals surface area contributed by atoms with Crippen LogP contribution in [0.1, 0.15) is 49.4 Å². The zero-order valence-corrected chi connectivity index (χ0v) is 13.7. The Bertz CT molecular complexity index is 868. The fraction of sp³-hybridized carbons (Fsp3) is 0.381. The van der Waals surface area contributed by atoms with Crippen molar-refractivity contribution in [2.24, 2.45) is 5.92 Å². The normalized spacial score (nSPS) is 16.2. The number of hydrogen-bond acceptors (Lipinski definition) is 1. The Morgan fingerprint density at radius 1 is 1.00 bits per heavy atom. The summed E-state index contributed by atoms with van der Waals surface area (Å²) in [5, 5.41) is 2.46. The number of ketones is 1. The van der Waals surface area contributed by atoms with Crippen LogP contribution in [0.25, 0.3) is 21.8 Å². The molecular formula is C21H23NO. The number of para-hydroxylation sites is 1. The van der Waals surface area contributed by atoms with Crippen LogP contribution >= 0.6 is 0 Å². The van der Waals surface area contributed by atoms with Gasteiger partial charge in [-0.15, -0.1) is 0 Å². The summed E-state index contributed by atoms with van der Waals surface area (Å²) in [4.78, 5) is 12.8. The van der Waals surface area contributed by atoms with Crippen LogP contribution in [0.2, 0.25) is 0 Å². The van der Waals surface area contributed by atoms with E-state index in [1.165, 1.54) is 41.1 Å². The molecule has 0 radical (unpaired) electrons. The summed E-state index contributed by atoms with van der Waals surface area (Å²) in [5.74, 6) is 0.584. The van der Waals surface area contributed by atoms with Crippen molar-refractivity contribution >= 4 is 27.6 Å². The summed E-state index contributed by atoms with van der Waals surface area (Å²) in [5.41, 5.74) is 3.38. The Morgan fingerprint density at radius 3 is 2.52 bits per heavy atom. The molecule has 3 aromatic rings. The molecule has 0 bridgehead atoms. The molecule has 118 valence electrons. The van der Waals surface area contributed by atoms with Crippen molar-refractivity contribution in [1.29, 1.82) is 0 Å². The van der Waals surface area contributed by atoms with E-state index in [0.717, 1.165) is 24.9 Å². The van der Waals surface area contributed by atoms with E-state index in [1.54, 1.807) is 0 Å². The summed E-state index contributed by atoms with van der Waals surface area (Å²) >= 11 is 0. The van der Waals surface area contributed by atoms with Crippen molar-refractivity contribution in [1.82, 2.24) is 4.57 Å². The summed E-state index contributed by atoms with van der Waals surface area (Å²) in [7, 11) is 0. The molecule has 0 saturated heterocycles. The van der Waals surface area contributed by atoms with Crippen LogP contribution in [0.5, 0.6) is 0 Å². The van der Waals surface area contributed by atoms with Crippen molar-refractivity contribution in [3.05, 3.63) is 48.0 Å². The van der Waals surface area contributed by atoms with Gasteiger partial charge in [0.15, 0.2) is 5.78 Å². The van der Waals surface area contributed by atoms with E-state index in [1.807, 2.05) is 6.07 Å². The SMILES string of the molecule is CCn1c2ccccc2c2cc(C(=O)C3CCCCC3)ccc21. The van der Waals surface area contributed by atoms with E-state index in [0.29, 0.717) is 5.78 Å². The van der Waals surface area contributed by atoms with Crippen LogP contribution in [0.15, 0.2) is 42.5 Å². The monoisotopic (exact) mass is 305 g/mol. The molecule has 4 rings (SSSR count). The minimum Gasteiger partial charge on any atom is -0.341 e. The van der Waals surface area contributed by atoms with Gasteiger partial charge in [0.25, 0.3) is 0 Å². The lowest BCUT2D eigenvalue weighted by Crippen LogP contribution is -2.17. The second kappa shape index (κ2) is 5.84. The van der Waals surface area contributed by atoms with Gasteiger partial charge >= 0.3 is 0 Å². The lowest BCUT2D eigenvalue weighted by molar-refractivity contribution is 0.0889. The standard InChI is InChI=1S/C21H23NO/c1-2-22-19-11-7-6-10-17(19)18-14-16(12-13-20(18)22)21(23)15-8-4-3-5-9-15/h6-7,10-15H,2-5,8-9H2,1H3. The van der Waals surface area contributed by atoms with Crippen molar-refractivity contribution < 1.29 is 4.79 Å². The van der Waals surface area contributed by atoms with E-state index in [9.17, 15) is 4.79 Å². The Kier molecular flexibility index (Phi) is 3.68. The Morgan fingerprint density at radius 2 is 1.74 bits per heavy atom. The summed E-state index contributed by atoms with van der Waals surface area (Å²) < 4.78 is 2.33. The van der Waals surface area contributed by atoms with Gasteiger partial charge in [-0.05, 0) is 44.0 Å². The smallest absolute Gasteiger partial charge is 0.165 e. The highest BCUT2D eigenvalue weighted by Gasteiger charge is 2.23. The molecule has 1 heterocycles. The van der Waals surface area contributed by atoms with Gasteiger partial charge in [0.05, 0.1) is 0 Å². The first-order chi connectivity index (χ1) is 11.3. The molecule has 1 aliphatic rings. The number of hydrogen-bond donors (Lipinski definition) is 0. The van der Waals surface area contributed by atoms with Crippen molar-refractivity contribution in [3.8, 4) is 0 Å². The maximum atomic E-state index is 12.8. The zero-order chi connectivity index (χ0) is 15.8. The van der Waals surface area contributed by atoms with Gasteiger partial charge in [-0.2, -0.15) is 0 Å². The van der Waals surface area contributed by atoms with Gasteiger partial charge in [-0.1, -0.05) is 37.5 Å². The van der Waals surface area contributed by atoms with Crippen LogP contribution in [-0.2, 0) is 6.54 Å². The van der Waals surface area contributed by atoms with Gasteiger partial charge < -0.3 is 4.57 Å². The largest absolute Gasteiger partial charge is 0.341 e. The van der Waals surface area contributed by atoms with Gasteiger partial charge in [0, 0.05) is 39.8 Å². The van der Waals surface area contributed by atoms with E-state index >= 15 is 0 Å². The fourth-order valence-electron chi connectivity index (χ4n) is 4.15. The summed E-state index contributed by atoms with van der Waals surface area (Å²) in [6.45, 7) is 3.12. The topological polar surface area (TPSA) is 22.0 Å². The maximum absolute atomic E-state index is 12.8. The van der Waals surface area contributed by atoms with E-state index in [4.69, 9.17) is 0 Å². The van der Waals surface area contributed by atoms with Crippen LogP contribution in [0, 0.1) is 5.92 Å². The van der Waals surface area contributed by atoms with E-state index in [-0.39, 0.29) is 5.92 Å². The molecule has 2 nitrogen and oxygen atoms in total. The minimum atomic E-state index is 0.237. The average Bonchev–Trinajstić information content (AvgIpc) is 2.95. The third-order valence-corrected chi connectivity index (χ3v) is 5.35. The van der Waals surface area contributed by atoms with Crippen LogP contribution in [0.3, 0.4) is 0 Å². The number of Topliss-reactive ketones (excluding diaryl/α,β-unsaturated/α-hetero) is 1. The fourth-order valence-corrected chi connectivity index (χ4v) is 4.15. The highest BCUT2D eigenvalue weighted by atomic mass is 16.1. The maximum Gasteiger partial charge on any atom is 0.165 e. The first-order valence-electron chi connectivity index (χ1n) is 8.85. The van der Waals surface area contributed by atoms with Crippen molar-refractivity contribution in [2.75, 3.05) is 0 Å². The van der Waals surface area contributed by atoms with E-state index < -0.39 is 0 Å². The number of carbonyl (C=O) groups is 1. The third kappa shape index (κ3) is 2.37. The molecule has 0 aliphatic heterocycles. The van der Waals surface area contributed by atoms with Crippen molar-refractivity contribution in [3.63, 3.8) is 0 Å². The molecule has 2 aromatic carbocycles. The molecule has 2 heteroatoms. The van der Waals surface area contributed by atoms with Crippen molar-refractivity contribution in [2.45, 2.75) is 45.6 Å². The number of benzene rings is 2. The zero-order valence-electron chi connectivity index (χ0n) is 13.7. The number of aromatic nitrogens is 1. The Hall–Kier alpha value is -2.09. The summed E-state index contributed by atoms with van der Waals surface area (Å²) in [6, 6.07) is 14.8. The number of carbonyl (C=O) groups excluding carboxylic acids is 1. The molecule has 1 fully saturated rings. The lowest BCUT2D eigenvalue weighted by Gasteiger charge is -2.20. The third-order valence-electron chi connectivity index (χ3n) is 5.35. The average molecular weight is 305 g/mol. The number of aryl methyl sites for hydroxylation is 1. The van der Waals surface area contributed by atoms with Gasteiger partial charge in [-0.25, -0.2) is 0 Å². The first-order valence-corrected chi connectivity index (χ1v) is 8.85. The van der Waals surface area contributed by atoms with Gasteiger partial charge in [0.1, 0.15) is 0 Å². The molecule has 1 aromatic heterocycles. The molecule has 0 spiro atoms. The second-order valence-corrected chi connectivity index (χ2v) is 6.69. The number of fused-ring (bicyclic) bond motifs is 3. The minimum absolute atomic E-state index is 0.237. The molecule has 0 unspecified atom stereocenters. The second-order valence-electron chi connectivity index (χ2n) is 6.69. The molecule has 1 saturated carbocycles. The van der Waals surface area contributed by atoms with E-state index in [2.05, 4.69) is 47.9 Å². The van der Waals surface area contributed by atoms with Crippen LogP contribution in [0.4, 0.5) is 0 Å². The summed E-state index contributed by atoms with van der Waals surface area (Å²) in [6.07, 6.45) is 5.82. The molecule has 23 heavy (non-hydrogen) atoms. The molecular weight excluding hydrogens is 282 g/mol. The highest BCUT2D eigenvalue weighted by molar-refractivity contribution is 6.11. The quantitative estimate of drug-likeness (QED) is 0.579. The first kappa shape index (κ1) is 14.5. The predicted octanol–water partition coefficient (Wildman–Crippen LogP) is 5.58.